The second kappa shape index (κ2) is 3.72. The van der Waals surface area contributed by atoms with Crippen molar-refractivity contribution >= 4 is 27.0 Å². The lowest BCUT2D eigenvalue weighted by Crippen LogP contribution is -1.79. The molecule has 0 saturated carbocycles. The van der Waals surface area contributed by atoms with Gasteiger partial charge in [0.05, 0.1) is 0 Å². The topological polar surface area (TPSA) is 38.9 Å². The van der Waals surface area contributed by atoms with Crippen LogP contribution in [0.5, 0.6) is 0 Å². The Kier molecular flexibility index (Phi) is 2.22. The minimum Gasteiger partial charge on any atom is -0.243 e. The molecule has 0 radical (unpaired) electrons. The summed E-state index contributed by atoms with van der Waals surface area (Å²) in [5, 5.41) is 7.67. The van der Waals surface area contributed by atoms with Crippen molar-refractivity contribution in [1.82, 2.24) is 10.3 Å². The maximum atomic E-state index is 4.71. The van der Waals surface area contributed by atoms with E-state index in [4.69, 9.17) is 4.63 Å². The summed E-state index contributed by atoms with van der Waals surface area (Å²) in [6.07, 6.45) is 0. The first-order valence-electron chi connectivity index (χ1n) is 4.82. The minimum absolute atomic E-state index is 0.750. The lowest BCUT2D eigenvalue weighted by atomic mass is 10.1. The largest absolute Gasteiger partial charge is 0.243 e. The van der Waals surface area contributed by atoms with Gasteiger partial charge in [0.1, 0.15) is 11.0 Å². The number of hydrogen-bond acceptors (Lipinski definition) is 3. The monoisotopic (exact) mass is 274 g/mol. The summed E-state index contributed by atoms with van der Waals surface area (Å²) in [7, 11) is 0. The first kappa shape index (κ1) is 9.54. The van der Waals surface area contributed by atoms with Crippen molar-refractivity contribution in [3.05, 3.63) is 46.9 Å². The van der Waals surface area contributed by atoms with Crippen LogP contribution < -0.4 is 0 Å². The highest BCUT2D eigenvalue weighted by atomic mass is 79.9. The van der Waals surface area contributed by atoms with Crippen LogP contribution in [0.25, 0.3) is 22.2 Å². The number of hydrogen-bond donors (Lipinski definition) is 0. The molecule has 16 heavy (non-hydrogen) atoms. The van der Waals surface area contributed by atoms with Crippen LogP contribution in [-0.4, -0.2) is 10.3 Å². The highest BCUT2D eigenvalue weighted by Gasteiger charge is 2.08. The first-order valence-corrected chi connectivity index (χ1v) is 5.61. The summed E-state index contributed by atoms with van der Waals surface area (Å²) in [5.74, 6) is 0. The van der Waals surface area contributed by atoms with Gasteiger partial charge in [0.25, 0.3) is 0 Å². The fourth-order valence-electron chi connectivity index (χ4n) is 1.65. The maximum Gasteiger partial charge on any atom is 0.149 e. The van der Waals surface area contributed by atoms with Crippen LogP contribution in [0.4, 0.5) is 0 Å². The molecule has 3 aromatic rings. The zero-order chi connectivity index (χ0) is 11.0. The van der Waals surface area contributed by atoms with Crippen LogP contribution in [-0.2, 0) is 0 Å². The highest BCUT2D eigenvalue weighted by Crippen LogP contribution is 2.28. The lowest BCUT2D eigenvalue weighted by molar-refractivity contribution is 0.315. The highest BCUT2D eigenvalue weighted by molar-refractivity contribution is 9.10. The molecule has 0 unspecified atom stereocenters. The van der Waals surface area contributed by atoms with E-state index < -0.39 is 0 Å². The number of halogens is 1. The van der Waals surface area contributed by atoms with E-state index in [1.54, 1.807) is 0 Å². The summed E-state index contributed by atoms with van der Waals surface area (Å²) in [5.41, 5.74) is 3.75. The quantitative estimate of drug-likeness (QED) is 0.680. The molecular formula is C12H7BrN2O. The molecule has 78 valence electrons. The molecule has 1 aromatic heterocycles. The summed E-state index contributed by atoms with van der Waals surface area (Å²) in [6, 6.07) is 14.1. The Morgan fingerprint density at radius 2 is 1.75 bits per heavy atom. The third-order valence-electron chi connectivity index (χ3n) is 2.42. The Balaban J connectivity index is 2.25. The molecule has 3 rings (SSSR count). The average Bonchev–Trinajstić information content (AvgIpc) is 2.79. The summed E-state index contributed by atoms with van der Waals surface area (Å²) in [6.45, 7) is 0. The molecule has 2 aromatic carbocycles. The molecule has 0 N–H and O–H groups in total. The average molecular weight is 275 g/mol. The van der Waals surface area contributed by atoms with E-state index in [1.165, 1.54) is 0 Å². The molecule has 1 heterocycles. The molecule has 0 amide bonds. The molecule has 4 heteroatoms. The Bertz CT molecular complexity index is 634. The molecule has 0 fully saturated rings. The van der Waals surface area contributed by atoms with Crippen LogP contribution >= 0.6 is 15.9 Å². The van der Waals surface area contributed by atoms with Gasteiger partial charge in [-0.3, -0.25) is 0 Å². The molecular weight excluding hydrogens is 268 g/mol. The fourth-order valence-corrected chi connectivity index (χ4v) is 2.17. The summed E-state index contributed by atoms with van der Waals surface area (Å²) < 4.78 is 5.60. The summed E-state index contributed by atoms with van der Waals surface area (Å²) in [4.78, 5) is 0. The summed E-state index contributed by atoms with van der Waals surface area (Å²) >= 11 is 3.46. The van der Waals surface area contributed by atoms with Crippen LogP contribution in [0, 0.1) is 0 Å². The van der Waals surface area contributed by atoms with Gasteiger partial charge in [0.2, 0.25) is 0 Å². The fraction of sp³-hybridized carbons (Fsp3) is 0. The predicted octanol–water partition coefficient (Wildman–Crippen LogP) is 3.65. The Labute approximate surface area is 100 Å². The Morgan fingerprint density at radius 3 is 2.56 bits per heavy atom. The molecule has 0 bridgehead atoms. The van der Waals surface area contributed by atoms with Crippen molar-refractivity contribution in [3.63, 3.8) is 0 Å². The van der Waals surface area contributed by atoms with Gasteiger partial charge in [0, 0.05) is 4.47 Å². The molecule has 0 aliphatic carbocycles. The normalized spacial score (nSPS) is 10.8. The van der Waals surface area contributed by atoms with E-state index in [9.17, 15) is 0 Å². The van der Waals surface area contributed by atoms with E-state index in [0.717, 1.165) is 26.6 Å². The van der Waals surface area contributed by atoms with Crippen LogP contribution in [0.2, 0.25) is 0 Å². The molecule has 0 aliphatic rings. The van der Waals surface area contributed by atoms with E-state index >= 15 is 0 Å². The number of aromatic nitrogens is 2. The van der Waals surface area contributed by atoms with Crippen molar-refractivity contribution in [3.8, 4) is 11.1 Å². The maximum absolute atomic E-state index is 4.71. The molecule has 0 spiro atoms. The minimum atomic E-state index is 0.750. The lowest BCUT2D eigenvalue weighted by Gasteiger charge is -2.01. The third-order valence-corrected chi connectivity index (χ3v) is 3.03. The van der Waals surface area contributed by atoms with Crippen LogP contribution in [0.3, 0.4) is 0 Å². The Morgan fingerprint density at radius 1 is 0.938 bits per heavy atom. The van der Waals surface area contributed by atoms with Crippen molar-refractivity contribution in [2.45, 2.75) is 0 Å². The molecule has 3 nitrogen and oxygen atoms in total. The van der Waals surface area contributed by atoms with Gasteiger partial charge in [-0.2, -0.15) is 0 Å². The number of benzene rings is 2. The molecule has 0 saturated heterocycles. The SMILES string of the molecule is Brc1cc(-c2ccccc2)cc2nonc12. The van der Waals surface area contributed by atoms with Gasteiger partial charge in [-0.1, -0.05) is 30.3 Å². The van der Waals surface area contributed by atoms with Crippen LogP contribution in [0.1, 0.15) is 0 Å². The van der Waals surface area contributed by atoms with Crippen molar-refractivity contribution in [2.24, 2.45) is 0 Å². The molecule has 0 aliphatic heterocycles. The Hall–Kier alpha value is -1.68. The number of rotatable bonds is 1. The number of nitrogens with zero attached hydrogens (tertiary/aromatic N) is 2. The van der Waals surface area contributed by atoms with Crippen molar-refractivity contribution in [2.75, 3.05) is 0 Å². The second-order valence-corrected chi connectivity index (χ2v) is 4.31. The molecule has 0 atom stereocenters. The zero-order valence-electron chi connectivity index (χ0n) is 8.22. The van der Waals surface area contributed by atoms with Gasteiger partial charge < -0.3 is 0 Å². The van der Waals surface area contributed by atoms with E-state index in [2.05, 4.69) is 38.4 Å². The zero-order valence-corrected chi connectivity index (χ0v) is 9.81. The van der Waals surface area contributed by atoms with Crippen molar-refractivity contribution in [1.29, 1.82) is 0 Å². The van der Waals surface area contributed by atoms with Gasteiger partial charge in [-0.15, -0.1) is 0 Å². The third kappa shape index (κ3) is 1.51. The van der Waals surface area contributed by atoms with Gasteiger partial charge in [0.15, 0.2) is 0 Å². The van der Waals surface area contributed by atoms with Crippen LogP contribution in [0.15, 0.2) is 51.6 Å². The standard InChI is InChI=1S/C12H7BrN2O/c13-10-6-9(8-4-2-1-3-5-8)7-11-12(10)15-16-14-11/h1-7H. The van der Waals surface area contributed by atoms with Gasteiger partial charge >= 0.3 is 0 Å². The van der Waals surface area contributed by atoms with E-state index in [0.29, 0.717) is 0 Å². The van der Waals surface area contributed by atoms with Gasteiger partial charge in [-0.05, 0) is 49.5 Å². The smallest absolute Gasteiger partial charge is 0.149 e. The first-order chi connectivity index (χ1) is 7.84. The number of fused-ring (bicyclic) bond motifs is 1. The second-order valence-electron chi connectivity index (χ2n) is 3.46. The van der Waals surface area contributed by atoms with Gasteiger partial charge in [-0.25, -0.2) is 4.63 Å². The van der Waals surface area contributed by atoms with Crippen molar-refractivity contribution < 1.29 is 4.63 Å². The van der Waals surface area contributed by atoms with E-state index in [-0.39, 0.29) is 0 Å². The predicted molar refractivity (Wildman–Crippen MR) is 64.9 cm³/mol. The van der Waals surface area contributed by atoms with E-state index in [1.807, 2.05) is 30.3 Å².